The molecular weight excluding hydrogens is 400 g/mol. The van der Waals surface area contributed by atoms with Crippen LogP contribution in [0.3, 0.4) is 0 Å². The van der Waals surface area contributed by atoms with Gasteiger partial charge in [-0.2, -0.15) is 0 Å². The van der Waals surface area contributed by atoms with Crippen molar-refractivity contribution in [1.82, 2.24) is 10.2 Å². The smallest absolute Gasteiger partial charge is 0.242 e. The molecule has 2 aromatic rings. The van der Waals surface area contributed by atoms with E-state index in [1.807, 2.05) is 57.2 Å². The van der Waals surface area contributed by atoms with E-state index in [0.717, 1.165) is 16.9 Å². The van der Waals surface area contributed by atoms with Gasteiger partial charge in [0.1, 0.15) is 11.8 Å². The number of benzene rings is 2. The summed E-state index contributed by atoms with van der Waals surface area (Å²) in [5.74, 6) is 0.822. The van der Waals surface area contributed by atoms with Gasteiger partial charge in [-0.05, 0) is 47.7 Å². The molecule has 0 aromatic heterocycles. The fraction of sp³-hybridized carbons (Fsp3) is 0.417. The number of rotatable bonds is 10. The fourth-order valence-electron chi connectivity index (χ4n) is 3.19. The van der Waals surface area contributed by atoms with Gasteiger partial charge >= 0.3 is 0 Å². The van der Waals surface area contributed by atoms with Crippen LogP contribution in [0.1, 0.15) is 38.3 Å². The number of amides is 2. The lowest BCUT2D eigenvalue weighted by molar-refractivity contribution is -0.141. The number of carbonyl (C=O) groups excluding carboxylic acids is 2. The minimum atomic E-state index is -0.547. The summed E-state index contributed by atoms with van der Waals surface area (Å²) in [4.78, 5) is 27.8. The van der Waals surface area contributed by atoms with E-state index in [1.165, 1.54) is 0 Å². The van der Waals surface area contributed by atoms with Crippen LogP contribution in [0.4, 0.5) is 0 Å². The Morgan fingerprint density at radius 3 is 2.40 bits per heavy atom. The highest BCUT2D eigenvalue weighted by atomic mass is 35.5. The van der Waals surface area contributed by atoms with Crippen molar-refractivity contribution in [2.45, 2.75) is 46.2 Å². The zero-order chi connectivity index (χ0) is 22.1. The van der Waals surface area contributed by atoms with Gasteiger partial charge in [-0.15, -0.1) is 0 Å². The van der Waals surface area contributed by atoms with Gasteiger partial charge in [0, 0.05) is 18.1 Å². The third-order valence-electron chi connectivity index (χ3n) is 4.83. The second-order valence-corrected chi connectivity index (χ2v) is 8.18. The minimum absolute atomic E-state index is 0.105. The summed E-state index contributed by atoms with van der Waals surface area (Å²) >= 11 is 5.96. The van der Waals surface area contributed by atoms with Gasteiger partial charge in [-0.1, -0.05) is 56.6 Å². The van der Waals surface area contributed by atoms with Crippen molar-refractivity contribution in [2.24, 2.45) is 5.92 Å². The average Bonchev–Trinajstić information content (AvgIpc) is 2.73. The fourth-order valence-corrected chi connectivity index (χ4v) is 3.31. The molecule has 2 rings (SSSR count). The van der Waals surface area contributed by atoms with E-state index in [4.69, 9.17) is 16.3 Å². The SMILES string of the molecule is CC[C@H](C(=O)NCC(C)C)N(Cc1cccc(OC)c1)C(=O)Cc1ccc(Cl)cc1. The van der Waals surface area contributed by atoms with Gasteiger partial charge in [0.15, 0.2) is 0 Å². The molecule has 1 N–H and O–H groups in total. The van der Waals surface area contributed by atoms with Crippen LogP contribution in [0, 0.1) is 5.92 Å². The van der Waals surface area contributed by atoms with E-state index < -0.39 is 6.04 Å². The molecule has 5 nitrogen and oxygen atoms in total. The Labute approximate surface area is 184 Å². The maximum atomic E-state index is 13.3. The van der Waals surface area contributed by atoms with Crippen LogP contribution in [-0.2, 0) is 22.6 Å². The summed E-state index contributed by atoms with van der Waals surface area (Å²) in [5, 5.41) is 3.60. The number of hydrogen-bond donors (Lipinski definition) is 1. The lowest BCUT2D eigenvalue weighted by Gasteiger charge is -2.31. The van der Waals surface area contributed by atoms with Crippen LogP contribution >= 0.6 is 11.6 Å². The normalized spacial score (nSPS) is 11.8. The molecule has 0 heterocycles. The Kier molecular flexibility index (Phi) is 9.18. The highest BCUT2D eigenvalue weighted by molar-refractivity contribution is 6.30. The minimum Gasteiger partial charge on any atom is -0.497 e. The van der Waals surface area contributed by atoms with Crippen molar-refractivity contribution in [3.8, 4) is 5.75 Å². The lowest BCUT2D eigenvalue weighted by atomic mass is 10.1. The summed E-state index contributed by atoms with van der Waals surface area (Å²) in [6, 6.07) is 14.2. The van der Waals surface area contributed by atoms with Gasteiger partial charge in [0.05, 0.1) is 13.5 Å². The number of carbonyl (C=O) groups is 2. The molecule has 0 aliphatic heterocycles. The molecular formula is C24H31ClN2O3. The van der Waals surface area contributed by atoms with Crippen molar-refractivity contribution < 1.29 is 14.3 Å². The third-order valence-corrected chi connectivity index (χ3v) is 5.08. The molecule has 2 amide bonds. The molecule has 6 heteroatoms. The van der Waals surface area contributed by atoms with E-state index in [0.29, 0.717) is 30.5 Å². The topological polar surface area (TPSA) is 58.6 Å². The number of hydrogen-bond acceptors (Lipinski definition) is 3. The highest BCUT2D eigenvalue weighted by Crippen LogP contribution is 2.19. The molecule has 0 aliphatic carbocycles. The molecule has 162 valence electrons. The summed E-state index contributed by atoms with van der Waals surface area (Å²) in [6.45, 7) is 6.92. The van der Waals surface area contributed by atoms with Crippen LogP contribution in [-0.4, -0.2) is 36.4 Å². The Balaban J connectivity index is 2.27. The maximum absolute atomic E-state index is 13.3. The number of methoxy groups -OCH3 is 1. The van der Waals surface area contributed by atoms with Crippen LogP contribution in [0.5, 0.6) is 5.75 Å². The first-order chi connectivity index (χ1) is 14.3. The van der Waals surface area contributed by atoms with E-state index in [-0.39, 0.29) is 18.2 Å². The zero-order valence-electron chi connectivity index (χ0n) is 18.2. The van der Waals surface area contributed by atoms with Crippen LogP contribution in [0.15, 0.2) is 48.5 Å². The van der Waals surface area contributed by atoms with E-state index in [1.54, 1.807) is 24.1 Å². The molecule has 0 fully saturated rings. The molecule has 1 atom stereocenters. The second-order valence-electron chi connectivity index (χ2n) is 7.74. The van der Waals surface area contributed by atoms with Gasteiger partial charge in [0.25, 0.3) is 0 Å². The Morgan fingerprint density at radius 2 is 1.80 bits per heavy atom. The first kappa shape index (κ1) is 23.7. The molecule has 0 bridgehead atoms. The molecule has 0 spiro atoms. The summed E-state index contributed by atoms with van der Waals surface area (Å²) < 4.78 is 5.31. The molecule has 0 radical (unpaired) electrons. The standard InChI is InChI=1S/C24H31ClN2O3/c1-5-22(24(29)26-15-17(2)3)27(16-19-7-6-8-21(13-19)30-4)23(28)14-18-9-11-20(25)12-10-18/h6-13,17,22H,5,14-16H2,1-4H3,(H,26,29)/t22-/m1/s1. The Hall–Kier alpha value is -2.53. The van der Waals surface area contributed by atoms with E-state index in [2.05, 4.69) is 5.32 Å². The van der Waals surface area contributed by atoms with Crippen molar-refractivity contribution >= 4 is 23.4 Å². The predicted octanol–water partition coefficient (Wildman–Crippen LogP) is 4.47. The van der Waals surface area contributed by atoms with Gasteiger partial charge in [0.2, 0.25) is 11.8 Å². The Bertz CT molecular complexity index is 837. The molecule has 0 saturated carbocycles. The van der Waals surface area contributed by atoms with Crippen molar-refractivity contribution in [3.05, 3.63) is 64.7 Å². The van der Waals surface area contributed by atoms with Crippen LogP contribution < -0.4 is 10.1 Å². The van der Waals surface area contributed by atoms with Crippen LogP contribution in [0.25, 0.3) is 0 Å². The summed E-state index contributed by atoms with van der Waals surface area (Å²) in [6.07, 6.45) is 0.732. The zero-order valence-corrected chi connectivity index (χ0v) is 18.9. The monoisotopic (exact) mass is 430 g/mol. The first-order valence-electron chi connectivity index (χ1n) is 10.3. The summed E-state index contributed by atoms with van der Waals surface area (Å²) in [5.41, 5.74) is 1.77. The van der Waals surface area contributed by atoms with Crippen LogP contribution in [0.2, 0.25) is 5.02 Å². The summed E-state index contributed by atoms with van der Waals surface area (Å²) in [7, 11) is 1.61. The quantitative estimate of drug-likeness (QED) is 0.605. The van der Waals surface area contributed by atoms with Crippen molar-refractivity contribution in [2.75, 3.05) is 13.7 Å². The molecule has 0 unspecified atom stereocenters. The van der Waals surface area contributed by atoms with Gasteiger partial charge in [-0.25, -0.2) is 0 Å². The Morgan fingerprint density at radius 1 is 1.10 bits per heavy atom. The largest absolute Gasteiger partial charge is 0.497 e. The number of ether oxygens (including phenoxy) is 1. The number of nitrogens with one attached hydrogen (secondary N) is 1. The molecule has 2 aromatic carbocycles. The molecule has 30 heavy (non-hydrogen) atoms. The lowest BCUT2D eigenvalue weighted by Crippen LogP contribution is -2.50. The van der Waals surface area contributed by atoms with E-state index in [9.17, 15) is 9.59 Å². The van der Waals surface area contributed by atoms with Crippen molar-refractivity contribution in [1.29, 1.82) is 0 Å². The number of nitrogens with zero attached hydrogens (tertiary/aromatic N) is 1. The predicted molar refractivity (Wildman–Crippen MR) is 121 cm³/mol. The van der Waals surface area contributed by atoms with Crippen molar-refractivity contribution in [3.63, 3.8) is 0 Å². The second kappa shape index (κ2) is 11.6. The number of halogens is 1. The van der Waals surface area contributed by atoms with Gasteiger partial charge < -0.3 is 15.0 Å². The maximum Gasteiger partial charge on any atom is 0.242 e. The van der Waals surface area contributed by atoms with E-state index >= 15 is 0 Å². The van der Waals surface area contributed by atoms with Gasteiger partial charge in [-0.3, -0.25) is 9.59 Å². The average molecular weight is 431 g/mol. The third kappa shape index (κ3) is 7.06. The molecule has 0 aliphatic rings. The highest BCUT2D eigenvalue weighted by Gasteiger charge is 2.28. The molecule has 0 saturated heterocycles. The first-order valence-corrected chi connectivity index (χ1v) is 10.7.